The number of ether oxygens (including phenoxy) is 3. The second-order valence-corrected chi connectivity index (χ2v) is 7.92. The van der Waals surface area contributed by atoms with Crippen molar-refractivity contribution in [2.45, 2.75) is 13.3 Å². The molecule has 1 saturated heterocycles. The van der Waals surface area contributed by atoms with Gasteiger partial charge >= 0.3 is 0 Å². The Labute approximate surface area is 191 Å². The van der Waals surface area contributed by atoms with Crippen molar-refractivity contribution < 1.29 is 23.8 Å². The van der Waals surface area contributed by atoms with Crippen LogP contribution in [0, 0.1) is 0 Å². The first-order chi connectivity index (χ1) is 15.0. The van der Waals surface area contributed by atoms with Gasteiger partial charge in [0.05, 0.1) is 30.9 Å². The molecule has 2 aromatic rings. The number of nitrogens with zero attached hydrogens (tertiary/aromatic N) is 2. The van der Waals surface area contributed by atoms with Gasteiger partial charge in [0.2, 0.25) is 0 Å². The van der Waals surface area contributed by atoms with Gasteiger partial charge in [-0.25, -0.2) is 0 Å². The number of hydrogen-bond acceptors (Lipinski definition) is 5. The van der Waals surface area contributed by atoms with E-state index in [-0.39, 0.29) is 11.8 Å². The maximum Gasteiger partial charge on any atom is 0.257 e. The Morgan fingerprint density at radius 2 is 1.58 bits per heavy atom. The van der Waals surface area contributed by atoms with Gasteiger partial charge in [-0.05, 0) is 53.5 Å². The van der Waals surface area contributed by atoms with E-state index in [1.54, 1.807) is 48.3 Å². The summed E-state index contributed by atoms with van der Waals surface area (Å²) in [6, 6.07) is 10.6. The van der Waals surface area contributed by atoms with E-state index in [0.29, 0.717) is 72.1 Å². The normalized spacial score (nSPS) is 14.1. The highest BCUT2D eigenvalue weighted by Crippen LogP contribution is 2.37. The highest BCUT2D eigenvalue weighted by molar-refractivity contribution is 9.10. The lowest BCUT2D eigenvalue weighted by atomic mass is 10.1. The summed E-state index contributed by atoms with van der Waals surface area (Å²) in [4.78, 5) is 29.7. The fourth-order valence-corrected chi connectivity index (χ4v) is 4.18. The second-order valence-electron chi connectivity index (χ2n) is 7.06. The number of benzene rings is 2. The quantitative estimate of drug-likeness (QED) is 0.614. The number of methoxy groups -OCH3 is 2. The van der Waals surface area contributed by atoms with Crippen LogP contribution >= 0.6 is 15.9 Å². The second kappa shape index (κ2) is 10.5. The third-order valence-corrected chi connectivity index (χ3v) is 5.76. The van der Waals surface area contributed by atoms with Gasteiger partial charge in [0.25, 0.3) is 11.8 Å². The number of halogens is 1. The van der Waals surface area contributed by atoms with E-state index in [0.717, 1.165) is 0 Å². The van der Waals surface area contributed by atoms with Crippen LogP contribution in [0.2, 0.25) is 0 Å². The molecule has 0 aliphatic carbocycles. The third kappa shape index (κ3) is 5.12. The molecule has 1 aliphatic heterocycles. The SMILES string of the molecule is CCOc1c(Br)cc(C(=O)N2CCCN(C(=O)c3ccccc3OC)CC2)cc1OC. The molecule has 0 atom stereocenters. The number of rotatable bonds is 6. The Bertz CT molecular complexity index is 950. The lowest BCUT2D eigenvalue weighted by Gasteiger charge is -2.23. The highest BCUT2D eigenvalue weighted by atomic mass is 79.9. The van der Waals surface area contributed by atoms with Crippen molar-refractivity contribution >= 4 is 27.7 Å². The van der Waals surface area contributed by atoms with Crippen LogP contribution in [0.5, 0.6) is 17.2 Å². The van der Waals surface area contributed by atoms with E-state index in [4.69, 9.17) is 14.2 Å². The zero-order valence-corrected chi connectivity index (χ0v) is 19.6. The molecular formula is C23H27BrN2O5. The van der Waals surface area contributed by atoms with E-state index in [1.165, 1.54) is 0 Å². The zero-order valence-electron chi connectivity index (χ0n) is 18.0. The van der Waals surface area contributed by atoms with Gasteiger partial charge in [0, 0.05) is 31.7 Å². The molecule has 1 aliphatic rings. The molecule has 7 nitrogen and oxygen atoms in total. The van der Waals surface area contributed by atoms with Gasteiger partial charge in [-0.15, -0.1) is 0 Å². The average molecular weight is 491 g/mol. The standard InChI is InChI=1S/C23H27BrN2O5/c1-4-31-21-18(24)14-16(15-20(21)30-3)22(27)25-10-7-11-26(13-12-25)23(28)17-8-5-6-9-19(17)29-2/h5-6,8-9,14-15H,4,7,10-13H2,1-3H3. The largest absolute Gasteiger partial charge is 0.496 e. The number of hydrogen-bond donors (Lipinski definition) is 0. The molecular weight excluding hydrogens is 464 g/mol. The maximum absolute atomic E-state index is 13.2. The highest BCUT2D eigenvalue weighted by Gasteiger charge is 2.26. The summed E-state index contributed by atoms with van der Waals surface area (Å²) >= 11 is 3.48. The Balaban J connectivity index is 1.74. The van der Waals surface area contributed by atoms with Crippen LogP contribution in [0.15, 0.2) is 40.9 Å². The summed E-state index contributed by atoms with van der Waals surface area (Å²) in [6.45, 7) is 4.44. The minimum atomic E-state index is -0.103. The Morgan fingerprint density at radius 1 is 0.935 bits per heavy atom. The number of para-hydroxylation sites is 1. The predicted molar refractivity (Wildman–Crippen MR) is 121 cm³/mol. The monoisotopic (exact) mass is 490 g/mol. The van der Waals surface area contributed by atoms with Gasteiger partial charge < -0.3 is 24.0 Å². The fourth-order valence-electron chi connectivity index (χ4n) is 3.63. The molecule has 0 radical (unpaired) electrons. The number of carbonyl (C=O) groups is 2. The molecule has 0 N–H and O–H groups in total. The van der Waals surface area contributed by atoms with E-state index in [9.17, 15) is 9.59 Å². The lowest BCUT2D eigenvalue weighted by molar-refractivity contribution is 0.0716. The van der Waals surface area contributed by atoms with Gasteiger partial charge in [0.15, 0.2) is 11.5 Å². The maximum atomic E-state index is 13.2. The first-order valence-electron chi connectivity index (χ1n) is 10.2. The smallest absolute Gasteiger partial charge is 0.257 e. The summed E-state index contributed by atoms with van der Waals surface area (Å²) in [6.07, 6.45) is 0.696. The van der Waals surface area contributed by atoms with Crippen molar-refractivity contribution in [3.05, 3.63) is 52.0 Å². The van der Waals surface area contributed by atoms with Crippen LogP contribution in [-0.4, -0.2) is 68.6 Å². The molecule has 0 spiro atoms. The number of carbonyl (C=O) groups excluding carboxylic acids is 2. The Morgan fingerprint density at radius 3 is 2.23 bits per heavy atom. The molecule has 8 heteroatoms. The van der Waals surface area contributed by atoms with Crippen LogP contribution in [0.4, 0.5) is 0 Å². The summed E-state index contributed by atoms with van der Waals surface area (Å²) in [7, 11) is 3.10. The molecule has 3 rings (SSSR count). The van der Waals surface area contributed by atoms with E-state index < -0.39 is 0 Å². The minimum absolute atomic E-state index is 0.0859. The van der Waals surface area contributed by atoms with Crippen LogP contribution in [0.3, 0.4) is 0 Å². The van der Waals surface area contributed by atoms with Crippen molar-refractivity contribution in [2.24, 2.45) is 0 Å². The first-order valence-corrected chi connectivity index (χ1v) is 11.0. The van der Waals surface area contributed by atoms with Crippen molar-refractivity contribution in [1.82, 2.24) is 9.80 Å². The molecule has 0 bridgehead atoms. The summed E-state index contributed by atoms with van der Waals surface area (Å²) in [5.41, 5.74) is 1.04. The lowest BCUT2D eigenvalue weighted by Crippen LogP contribution is -2.37. The van der Waals surface area contributed by atoms with Crippen LogP contribution < -0.4 is 14.2 Å². The Kier molecular flexibility index (Phi) is 7.79. The molecule has 1 fully saturated rings. The van der Waals surface area contributed by atoms with E-state index in [2.05, 4.69) is 15.9 Å². The molecule has 31 heavy (non-hydrogen) atoms. The summed E-state index contributed by atoms with van der Waals surface area (Å²) in [5.74, 6) is 1.44. The van der Waals surface area contributed by atoms with Crippen LogP contribution in [0.1, 0.15) is 34.1 Å². The molecule has 2 aromatic carbocycles. The summed E-state index contributed by atoms with van der Waals surface area (Å²) in [5, 5.41) is 0. The summed E-state index contributed by atoms with van der Waals surface area (Å²) < 4.78 is 17.0. The van der Waals surface area contributed by atoms with Gasteiger partial charge in [-0.1, -0.05) is 12.1 Å². The van der Waals surface area contributed by atoms with Crippen LogP contribution in [0.25, 0.3) is 0 Å². The topological polar surface area (TPSA) is 68.3 Å². The zero-order chi connectivity index (χ0) is 22.4. The third-order valence-electron chi connectivity index (χ3n) is 5.17. The van der Waals surface area contributed by atoms with Gasteiger partial charge in [0.1, 0.15) is 5.75 Å². The molecule has 0 aromatic heterocycles. The number of amides is 2. The fraction of sp³-hybridized carbons (Fsp3) is 0.391. The van der Waals surface area contributed by atoms with Crippen molar-refractivity contribution in [3.8, 4) is 17.2 Å². The molecule has 0 unspecified atom stereocenters. The van der Waals surface area contributed by atoms with Gasteiger partial charge in [-0.3, -0.25) is 9.59 Å². The Hall–Kier alpha value is -2.74. The molecule has 0 saturated carbocycles. The predicted octanol–water partition coefficient (Wildman–Crippen LogP) is 3.85. The van der Waals surface area contributed by atoms with E-state index >= 15 is 0 Å². The van der Waals surface area contributed by atoms with Gasteiger partial charge in [-0.2, -0.15) is 0 Å². The molecule has 1 heterocycles. The van der Waals surface area contributed by atoms with Crippen molar-refractivity contribution in [3.63, 3.8) is 0 Å². The molecule has 2 amide bonds. The first kappa shape index (κ1) is 22.9. The van der Waals surface area contributed by atoms with Crippen LogP contribution in [-0.2, 0) is 0 Å². The van der Waals surface area contributed by atoms with E-state index in [1.807, 2.05) is 19.1 Å². The van der Waals surface area contributed by atoms with Crippen molar-refractivity contribution in [2.75, 3.05) is 47.0 Å². The molecule has 166 valence electrons. The van der Waals surface area contributed by atoms with Crippen molar-refractivity contribution in [1.29, 1.82) is 0 Å². The average Bonchev–Trinajstić information content (AvgIpc) is 3.05. The minimum Gasteiger partial charge on any atom is -0.496 e.